The third-order valence-electron chi connectivity index (χ3n) is 4.85. The van der Waals surface area contributed by atoms with Gasteiger partial charge in [-0.15, -0.1) is 0 Å². The summed E-state index contributed by atoms with van der Waals surface area (Å²) >= 11 is 0. The van der Waals surface area contributed by atoms with Crippen molar-refractivity contribution in [1.82, 2.24) is 4.90 Å². The molecule has 1 amide bonds. The van der Waals surface area contributed by atoms with E-state index in [1.807, 2.05) is 13.0 Å². The summed E-state index contributed by atoms with van der Waals surface area (Å²) in [6.07, 6.45) is 2.20. The minimum atomic E-state index is -0.408. The highest BCUT2D eigenvalue weighted by atomic mass is 16.5. The first-order chi connectivity index (χ1) is 13.0. The quantitative estimate of drug-likeness (QED) is 0.590. The predicted molar refractivity (Wildman–Crippen MR) is 98.7 cm³/mol. The molecule has 1 aliphatic heterocycles. The second kappa shape index (κ2) is 8.24. The van der Waals surface area contributed by atoms with Gasteiger partial charge in [0.25, 0.3) is 5.91 Å². The molecule has 0 bridgehead atoms. The largest absolute Gasteiger partial charge is 0.484 e. The third-order valence-corrected chi connectivity index (χ3v) is 4.85. The van der Waals surface area contributed by atoms with Gasteiger partial charge in [-0.2, -0.15) is 0 Å². The van der Waals surface area contributed by atoms with Crippen molar-refractivity contribution >= 4 is 22.8 Å². The maximum atomic E-state index is 12.4. The standard InChI is InChI=1S/C20H23NO6/c1-3-13-9-19(23)27-17-10-15(6-7-16(13)17)26-12-18(22)21-8-4-5-14(11-21)20(24)25-2/h6-7,9-10,14H,3-5,8,11-12H2,1-2H3. The molecule has 0 radical (unpaired) electrons. The van der Waals surface area contributed by atoms with Gasteiger partial charge in [-0.1, -0.05) is 6.92 Å². The number of benzene rings is 1. The number of esters is 1. The molecule has 27 heavy (non-hydrogen) atoms. The Balaban J connectivity index is 1.66. The summed E-state index contributed by atoms with van der Waals surface area (Å²) in [7, 11) is 1.36. The highest BCUT2D eigenvalue weighted by Crippen LogP contribution is 2.23. The van der Waals surface area contributed by atoms with Crippen LogP contribution in [0.2, 0.25) is 0 Å². The summed E-state index contributed by atoms with van der Waals surface area (Å²) in [5, 5.41) is 0.854. The molecule has 0 saturated carbocycles. The van der Waals surface area contributed by atoms with E-state index in [0.717, 1.165) is 30.2 Å². The van der Waals surface area contributed by atoms with Crippen LogP contribution in [0.3, 0.4) is 0 Å². The lowest BCUT2D eigenvalue weighted by molar-refractivity contribution is -0.149. The Morgan fingerprint density at radius 1 is 1.30 bits per heavy atom. The zero-order valence-corrected chi connectivity index (χ0v) is 15.5. The molecule has 2 heterocycles. The molecule has 1 unspecified atom stereocenters. The molecule has 1 aromatic carbocycles. The lowest BCUT2D eigenvalue weighted by atomic mass is 9.98. The lowest BCUT2D eigenvalue weighted by Crippen LogP contribution is -2.44. The van der Waals surface area contributed by atoms with Gasteiger partial charge in [-0.25, -0.2) is 4.79 Å². The normalized spacial score (nSPS) is 17.0. The van der Waals surface area contributed by atoms with E-state index < -0.39 is 5.63 Å². The van der Waals surface area contributed by atoms with Crippen LogP contribution in [0.25, 0.3) is 11.0 Å². The smallest absolute Gasteiger partial charge is 0.336 e. The number of piperidine rings is 1. The Bertz CT molecular complexity index is 903. The zero-order chi connectivity index (χ0) is 19.4. The van der Waals surface area contributed by atoms with Crippen molar-refractivity contribution in [3.05, 3.63) is 40.2 Å². The minimum absolute atomic E-state index is 0.142. The van der Waals surface area contributed by atoms with Crippen molar-refractivity contribution < 1.29 is 23.5 Å². The fourth-order valence-corrected chi connectivity index (χ4v) is 3.39. The summed E-state index contributed by atoms with van der Waals surface area (Å²) in [5.74, 6) is -0.305. The van der Waals surface area contributed by atoms with E-state index in [1.54, 1.807) is 17.0 Å². The molecular weight excluding hydrogens is 350 g/mol. The average molecular weight is 373 g/mol. The van der Waals surface area contributed by atoms with Gasteiger partial charge >= 0.3 is 11.6 Å². The average Bonchev–Trinajstić information content (AvgIpc) is 2.70. The van der Waals surface area contributed by atoms with Crippen LogP contribution in [0.4, 0.5) is 0 Å². The first kappa shape index (κ1) is 18.9. The minimum Gasteiger partial charge on any atom is -0.484 e. The summed E-state index contributed by atoms with van der Waals surface area (Å²) in [5.41, 5.74) is 0.939. The molecule has 1 aromatic heterocycles. The number of fused-ring (bicyclic) bond motifs is 1. The number of ether oxygens (including phenoxy) is 2. The summed E-state index contributed by atoms with van der Waals surface area (Å²) < 4.78 is 15.6. The van der Waals surface area contributed by atoms with Gasteiger partial charge in [0.1, 0.15) is 11.3 Å². The van der Waals surface area contributed by atoms with Gasteiger partial charge < -0.3 is 18.8 Å². The van der Waals surface area contributed by atoms with Gasteiger partial charge in [0.2, 0.25) is 0 Å². The SMILES string of the molecule is CCc1cc(=O)oc2cc(OCC(=O)N3CCCC(C(=O)OC)C3)ccc12. The highest BCUT2D eigenvalue weighted by molar-refractivity contribution is 5.82. The third kappa shape index (κ3) is 4.30. The Morgan fingerprint density at radius 3 is 2.85 bits per heavy atom. The van der Waals surface area contributed by atoms with Gasteiger partial charge in [-0.3, -0.25) is 9.59 Å². The number of amides is 1. The van der Waals surface area contributed by atoms with Crippen LogP contribution in [0.1, 0.15) is 25.3 Å². The van der Waals surface area contributed by atoms with Gasteiger partial charge in [-0.05, 0) is 37.0 Å². The van der Waals surface area contributed by atoms with Crippen LogP contribution in [-0.4, -0.2) is 43.6 Å². The number of nitrogens with zero attached hydrogens (tertiary/aromatic N) is 1. The first-order valence-corrected chi connectivity index (χ1v) is 9.07. The van der Waals surface area contributed by atoms with Gasteiger partial charge in [0.05, 0.1) is 13.0 Å². The number of carbonyl (C=O) groups is 2. The molecule has 144 valence electrons. The first-order valence-electron chi connectivity index (χ1n) is 9.07. The van der Waals surface area contributed by atoms with Crippen LogP contribution in [0.15, 0.2) is 33.5 Å². The van der Waals surface area contributed by atoms with Crippen molar-refractivity contribution in [2.45, 2.75) is 26.2 Å². The van der Waals surface area contributed by atoms with Crippen LogP contribution in [0.5, 0.6) is 5.75 Å². The Hall–Kier alpha value is -2.83. The number of carbonyl (C=O) groups excluding carboxylic acids is 2. The summed E-state index contributed by atoms with van der Waals surface area (Å²) in [6.45, 7) is 2.78. The van der Waals surface area contributed by atoms with E-state index in [2.05, 4.69) is 0 Å². The van der Waals surface area contributed by atoms with Crippen molar-refractivity contribution in [3.63, 3.8) is 0 Å². The predicted octanol–water partition coefficient (Wildman–Crippen LogP) is 2.15. The van der Waals surface area contributed by atoms with Gasteiger partial charge in [0, 0.05) is 30.6 Å². The summed E-state index contributed by atoms with van der Waals surface area (Å²) in [6, 6.07) is 6.68. The molecule has 1 aliphatic rings. The van der Waals surface area contributed by atoms with E-state index in [1.165, 1.54) is 13.2 Å². The monoisotopic (exact) mass is 373 g/mol. The Morgan fingerprint density at radius 2 is 2.11 bits per heavy atom. The molecule has 3 rings (SSSR count). The van der Waals surface area contributed by atoms with Crippen LogP contribution in [0, 0.1) is 5.92 Å². The fraction of sp³-hybridized carbons (Fsp3) is 0.450. The number of likely N-dealkylation sites (tertiary alicyclic amines) is 1. The maximum absolute atomic E-state index is 12.4. The lowest BCUT2D eigenvalue weighted by Gasteiger charge is -2.31. The number of hydrogen-bond acceptors (Lipinski definition) is 6. The van der Waals surface area contributed by atoms with Crippen molar-refractivity contribution in [1.29, 1.82) is 0 Å². The molecule has 7 nitrogen and oxygen atoms in total. The Kier molecular flexibility index (Phi) is 5.78. The molecule has 2 aromatic rings. The number of methoxy groups -OCH3 is 1. The van der Waals surface area contributed by atoms with E-state index >= 15 is 0 Å². The van der Waals surface area contributed by atoms with E-state index in [-0.39, 0.29) is 24.4 Å². The van der Waals surface area contributed by atoms with Crippen LogP contribution < -0.4 is 10.4 Å². The highest BCUT2D eigenvalue weighted by Gasteiger charge is 2.29. The number of hydrogen-bond donors (Lipinski definition) is 0. The second-order valence-electron chi connectivity index (χ2n) is 6.59. The van der Waals surface area contributed by atoms with Gasteiger partial charge in [0.15, 0.2) is 6.61 Å². The Labute approximate surface area is 156 Å². The molecule has 0 aliphatic carbocycles. The molecule has 1 atom stereocenters. The second-order valence-corrected chi connectivity index (χ2v) is 6.59. The molecule has 0 spiro atoms. The molecule has 1 fully saturated rings. The van der Waals surface area contributed by atoms with E-state index in [9.17, 15) is 14.4 Å². The molecular formula is C20H23NO6. The fourth-order valence-electron chi connectivity index (χ4n) is 3.39. The van der Waals surface area contributed by atoms with Crippen LogP contribution in [-0.2, 0) is 20.7 Å². The summed E-state index contributed by atoms with van der Waals surface area (Å²) in [4.78, 5) is 37.4. The van der Waals surface area contributed by atoms with E-state index in [0.29, 0.717) is 24.4 Å². The van der Waals surface area contributed by atoms with Crippen molar-refractivity contribution in [2.75, 3.05) is 26.8 Å². The topological polar surface area (TPSA) is 86.0 Å². The zero-order valence-electron chi connectivity index (χ0n) is 15.5. The maximum Gasteiger partial charge on any atom is 0.336 e. The number of rotatable bonds is 5. The van der Waals surface area contributed by atoms with Crippen molar-refractivity contribution in [2.24, 2.45) is 5.92 Å². The molecule has 1 saturated heterocycles. The van der Waals surface area contributed by atoms with Crippen molar-refractivity contribution in [3.8, 4) is 5.75 Å². The molecule has 7 heteroatoms. The molecule has 0 N–H and O–H groups in total. The van der Waals surface area contributed by atoms with E-state index in [4.69, 9.17) is 13.9 Å². The van der Waals surface area contributed by atoms with Crippen LogP contribution >= 0.6 is 0 Å². The number of aryl methyl sites for hydroxylation is 1.